The van der Waals surface area contributed by atoms with Crippen LogP contribution in [0.4, 0.5) is 0 Å². The molecule has 0 radical (unpaired) electrons. The first kappa shape index (κ1) is 24.0. The number of nitrogens with zero attached hydrogens (tertiary/aromatic N) is 2. The largest absolute Gasteiger partial charge is 0.453 e. The second kappa shape index (κ2) is 9.17. The number of hydrogen-bond acceptors (Lipinski definition) is 2. The Bertz CT molecular complexity index is 2310. The molecule has 0 amide bonds. The molecule has 0 unspecified atom stereocenters. The second-order valence-corrected chi connectivity index (χ2v) is 11.2. The van der Waals surface area contributed by atoms with Crippen LogP contribution in [0.1, 0.15) is 5.82 Å². The number of aromatic nitrogens is 2. The SMILES string of the molecule is Cc1nc2cccc3c2n1-c1ccc(-c2ccc(-c4c5ccccc5c(-c5ccccc5)c5ccccc45)cc2)cc1O3. The van der Waals surface area contributed by atoms with Gasteiger partial charge in [0.1, 0.15) is 11.3 Å². The molecule has 0 bridgehead atoms. The summed E-state index contributed by atoms with van der Waals surface area (Å²) in [5, 5.41) is 5.05. The highest BCUT2D eigenvalue weighted by Crippen LogP contribution is 2.45. The summed E-state index contributed by atoms with van der Waals surface area (Å²) in [6.07, 6.45) is 0. The van der Waals surface area contributed by atoms with Crippen LogP contribution >= 0.6 is 0 Å². The molecule has 1 aliphatic rings. The summed E-state index contributed by atoms with van der Waals surface area (Å²) in [6, 6.07) is 49.8. The lowest BCUT2D eigenvalue weighted by molar-refractivity contribution is 0.475. The van der Waals surface area contributed by atoms with Crippen LogP contribution in [0, 0.1) is 6.92 Å². The van der Waals surface area contributed by atoms with E-state index in [4.69, 9.17) is 9.72 Å². The van der Waals surface area contributed by atoms with E-state index in [0.29, 0.717) is 0 Å². The van der Waals surface area contributed by atoms with E-state index >= 15 is 0 Å². The number of para-hydroxylation sites is 1. The minimum absolute atomic E-state index is 0.843. The molecule has 43 heavy (non-hydrogen) atoms. The van der Waals surface area contributed by atoms with Gasteiger partial charge in [0, 0.05) is 0 Å². The van der Waals surface area contributed by atoms with Gasteiger partial charge in [-0.1, -0.05) is 115 Å². The van der Waals surface area contributed by atoms with Crippen LogP contribution in [0.2, 0.25) is 0 Å². The Kier molecular flexibility index (Phi) is 5.11. The maximum Gasteiger partial charge on any atom is 0.153 e. The monoisotopic (exact) mass is 550 g/mol. The molecule has 0 atom stereocenters. The topological polar surface area (TPSA) is 27.1 Å². The first-order chi connectivity index (χ1) is 21.2. The first-order valence-electron chi connectivity index (χ1n) is 14.6. The highest BCUT2D eigenvalue weighted by molar-refractivity contribution is 6.21. The van der Waals surface area contributed by atoms with Gasteiger partial charge in [-0.3, -0.25) is 4.57 Å². The van der Waals surface area contributed by atoms with Gasteiger partial charge in [0.05, 0.1) is 11.2 Å². The molecule has 1 aromatic heterocycles. The quantitative estimate of drug-likeness (QED) is 0.205. The number of fused-ring (bicyclic) bond motifs is 4. The van der Waals surface area contributed by atoms with Crippen molar-refractivity contribution in [1.82, 2.24) is 9.55 Å². The number of benzene rings is 7. The molecule has 0 saturated carbocycles. The highest BCUT2D eigenvalue weighted by atomic mass is 16.5. The van der Waals surface area contributed by atoms with Gasteiger partial charge in [0.25, 0.3) is 0 Å². The molecule has 8 aromatic rings. The third-order valence-electron chi connectivity index (χ3n) is 8.73. The van der Waals surface area contributed by atoms with E-state index in [9.17, 15) is 0 Å². The molecule has 3 nitrogen and oxygen atoms in total. The Hall–Kier alpha value is -5.67. The molecule has 9 rings (SSSR count). The average Bonchev–Trinajstić information content (AvgIpc) is 3.41. The molecule has 0 spiro atoms. The number of imidazole rings is 1. The van der Waals surface area contributed by atoms with E-state index < -0.39 is 0 Å². The summed E-state index contributed by atoms with van der Waals surface area (Å²) in [5.74, 6) is 2.65. The van der Waals surface area contributed by atoms with Crippen molar-refractivity contribution in [2.45, 2.75) is 6.92 Å². The Morgan fingerprint density at radius 3 is 1.70 bits per heavy atom. The van der Waals surface area contributed by atoms with Gasteiger partial charge < -0.3 is 4.74 Å². The van der Waals surface area contributed by atoms with Gasteiger partial charge >= 0.3 is 0 Å². The highest BCUT2D eigenvalue weighted by Gasteiger charge is 2.23. The molecule has 3 heteroatoms. The Morgan fingerprint density at radius 1 is 0.488 bits per heavy atom. The van der Waals surface area contributed by atoms with Crippen LogP contribution in [-0.4, -0.2) is 9.55 Å². The zero-order chi connectivity index (χ0) is 28.5. The maximum absolute atomic E-state index is 6.40. The van der Waals surface area contributed by atoms with Crippen LogP contribution < -0.4 is 4.74 Å². The van der Waals surface area contributed by atoms with Crippen LogP contribution in [0.3, 0.4) is 0 Å². The van der Waals surface area contributed by atoms with Crippen molar-refractivity contribution in [1.29, 1.82) is 0 Å². The smallest absolute Gasteiger partial charge is 0.153 e. The fourth-order valence-electron chi connectivity index (χ4n) is 6.85. The summed E-state index contributed by atoms with van der Waals surface area (Å²) < 4.78 is 8.60. The van der Waals surface area contributed by atoms with Crippen LogP contribution in [0.5, 0.6) is 11.5 Å². The lowest BCUT2D eigenvalue weighted by Crippen LogP contribution is -2.05. The summed E-state index contributed by atoms with van der Waals surface area (Å²) >= 11 is 0. The van der Waals surface area contributed by atoms with E-state index in [0.717, 1.165) is 45.2 Å². The third-order valence-corrected chi connectivity index (χ3v) is 8.73. The number of aryl methyl sites for hydroxylation is 1. The predicted octanol–water partition coefficient (Wildman–Crippen LogP) is 10.7. The van der Waals surface area contributed by atoms with Crippen molar-refractivity contribution >= 4 is 32.6 Å². The average molecular weight is 551 g/mol. The van der Waals surface area contributed by atoms with E-state index in [1.165, 1.54) is 43.8 Å². The summed E-state index contributed by atoms with van der Waals surface area (Å²) in [7, 11) is 0. The molecule has 0 N–H and O–H groups in total. The Balaban J connectivity index is 1.18. The van der Waals surface area contributed by atoms with Crippen LogP contribution in [0.25, 0.3) is 71.6 Å². The van der Waals surface area contributed by atoms with Crippen molar-refractivity contribution in [3.05, 3.63) is 145 Å². The van der Waals surface area contributed by atoms with Gasteiger partial charge in [-0.05, 0) is 86.1 Å². The fourth-order valence-corrected chi connectivity index (χ4v) is 6.85. The van der Waals surface area contributed by atoms with E-state index in [2.05, 4.69) is 126 Å². The van der Waals surface area contributed by atoms with E-state index in [1.54, 1.807) is 0 Å². The number of hydrogen-bond donors (Lipinski definition) is 0. The van der Waals surface area contributed by atoms with Gasteiger partial charge in [-0.2, -0.15) is 0 Å². The van der Waals surface area contributed by atoms with Crippen molar-refractivity contribution in [3.8, 4) is 50.6 Å². The molecule has 202 valence electrons. The third kappa shape index (κ3) is 3.58. The molecule has 0 fully saturated rings. The summed E-state index contributed by atoms with van der Waals surface area (Å²) in [5.41, 5.74) is 10.3. The van der Waals surface area contributed by atoms with Gasteiger partial charge in [0.15, 0.2) is 11.5 Å². The fraction of sp³-hybridized carbons (Fsp3) is 0.0250. The molecule has 0 saturated heterocycles. The summed E-state index contributed by atoms with van der Waals surface area (Å²) in [6.45, 7) is 2.05. The van der Waals surface area contributed by atoms with E-state index in [-0.39, 0.29) is 0 Å². The van der Waals surface area contributed by atoms with Crippen molar-refractivity contribution in [2.75, 3.05) is 0 Å². The number of rotatable bonds is 3. The van der Waals surface area contributed by atoms with E-state index in [1.807, 2.05) is 25.1 Å². The molecular weight excluding hydrogens is 524 g/mol. The Morgan fingerprint density at radius 2 is 1.05 bits per heavy atom. The molecule has 0 aliphatic carbocycles. The zero-order valence-corrected chi connectivity index (χ0v) is 23.6. The predicted molar refractivity (Wildman–Crippen MR) is 177 cm³/mol. The first-order valence-corrected chi connectivity index (χ1v) is 14.6. The minimum atomic E-state index is 0.843. The standard InChI is InChI=1S/C40H26N2O/c1-25-41-34-16-9-17-36-40(34)42(25)35-23-22-29(24-37(35)43-36)26-18-20-28(21-19-26)39-32-14-7-5-12-30(32)38(27-10-3-2-4-11-27)31-13-6-8-15-33(31)39/h2-24H,1H3. The van der Waals surface area contributed by atoms with Crippen LogP contribution in [0.15, 0.2) is 140 Å². The van der Waals surface area contributed by atoms with Gasteiger partial charge in [-0.25, -0.2) is 4.98 Å². The van der Waals surface area contributed by atoms with Gasteiger partial charge in [-0.15, -0.1) is 0 Å². The normalized spacial score (nSPS) is 12.0. The van der Waals surface area contributed by atoms with Crippen molar-refractivity contribution in [2.24, 2.45) is 0 Å². The van der Waals surface area contributed by atoms with Gasteiger partial charge in [0.2, 0.25) is 0 Å². The Labute approximate surface area is 249 Å². The molecule has 2 heterocycles. The summed E-state index contributed by atoms with van der Waals surface area (Å²) in [4.78, 5) is 4.75. The molecule has 7 aromatic carbocycles. The van der Waals surface area contributed by atoms with Crippen molar-refractivity contribution < 1.29 is 4.74 Å². The minimum Gasteiger partial charge on any atom is -0.453 e. The van der Waals surface area contributed by atoms with Crippen LogP contribution in [-0.2, 0) is 0 Å². The molecular formula is C40H26N2O. The number of ether oxygens (including phenoxy) is 1. The lowest BCUT2D eigenvalue weighted by Gasteiger charge is -2.21. The lowest BCUT2D eigenvalue weighted by atomic mass is 9.86. The van der Waals surface area contributed by atoms with Crippen molar-refractivity contribution in [3.63, 3.8) is 0 Å². The zero-order valence-electron chi connectivity index (χ0n) is 23.6. The second-order valence-electron chi connectivity index (χ2n) is 11.2. The molecule has 1 aliphatic heterocycles. The maximum atomic E-state index is 6.40.